The molecule has 0 heterocycles. The standard InChI is InChI=1S/C22H32O2S/c1-18(2)8-6-9-19(3)10-7-11-20(4)16-17-25(23,24)22-14-12-21(5)13-15-22/h8,10,12-16H,6-7,9,11,17H2,1-5H3/b19-10+,20-16-. The Balaban J connectivity index is 2.50. The first-order chi connectivity index (χ1) is 11.7. The molecule has 0 aliphatic carbocycles. The van der Waals surface area contributed by atoms with Crippen molar-refractivity contribution in [1.29, 1.82) is 0 Å². The van der Waals surface area contributed by atoms with E-state index < -0.39 is 9.84 Å². The third kappa shape index (κ3) is 8.87. The molecule has 0 bridgehead atoms. The summed E-state index contributed by atoms with van der Waals surface area (Å²) in [5.41, 5.74) is 4.96. The van der Waals surface area contributed by atoms with Gasteiger partial charge in [0, 0.05) is 0 Å². The van der Waals surface area contributed by atoms with E-state index in [1.165, 1.54) is 11.1 Å². The van der Waals surface area contributed by atoms with Gasteiger partial charge in [-0.1, -0.05) is 52.6 Å². The molecule has 138 valence electrons. The third-order valence-corrected chi connectivity index (χ3v) is 5.75. The van der Waals surface area contributed by atoms with Crippen molar-refractivity contribution in [2.75, 3.05) is 5.75 Å². The minimum absolute atomic E-state index is 0.0746. The van der Waals surface area contributed by atoms with E-state index in [4.69, 9.17) is 0 Å². The molecule has 0 aromatic heterocycles. The summed E-state index contributed by atoms with van der Waals surface area (Å²) in [6.07, 6.45) is 10.4. The number of benzene rings is 1. The average Bonchev–Trinajstić information content (AvgIpc) is 2.53. The van der Waals surface area contributed by atoms with Crippen molar-refractivity contribution in [3.05, 3.63) is 64.8 Å². The molecule has 0 saturated heterocycles. The molecule has 1 rings (SSSR count). The molecular weight excluding hydrogens is 328 g/mol. The quantitative estimate of drug-likeness (QED) is 0.492. The fourth-order valence-corrected chi connectivity index (χ4v) is 3.68. The van der Waals surface area contributed by atoms with E-state index in [2.05, 4.69) is 32.9 Å². The van der Waals surface area contributed by atoms with E-state index in [0.29, 0.717) is 4.90 Å². The number of hydrogen-bond acceptors (Lipinski definition) is 2. The SMILES string of the molecule is CC(C)=CCC/C(C)=C/CC/C(C)=C\CS(=O)(=O)c1ccc(C)cc1. The van der Waals surface area contributed by atoms with Crippen LogP contribution in [0.3, 0.4) is 0 Å². The predicted octanol–water partition coefficient (Wildman–Crippen LogP) is 6.19. The van der Waals surface area contributed by atoms with Gasteiger partial charge in [0.1, 0.15) is 0 Å². The zero-order valence-corrected chi connectivity index (χ0v) is 17.1. The maximum absolute atomic E-state index is 12.3. The van der Waals surface area contributed by atoms with Gasteiger partial charge in [-0.15, -0.1) is 0 Å². The zero-order chi connectivity index (χ0) is 18.9. The van der Waals surface area contributed by atoms with Crippen molar-refractivity contribution in [2.24, 2.45) is 0 Å². The molecule has 1 aromatic rings. The van der Waals surface area contributed by atoms with Crippen LogP contribution in [0.5, 0.6) is 0 Å². The first-order valence-corrected chi connectivity index (χ1v) is 10.6. The Morgan fingerprint density at radius 1 is 0.840 bits per heavy atom. The van der Waals surface area contributed by atoms with Crippen LogP contribution in [0, 0.1) is 6.92 Å². The van der Waals surface area contributed by atoms with E-state index in [9.17, 15) is 8.42 Å². The molecule has 0 aliphatic rings. The minimum Gasteiger partial charge on any atom is -0.223 e. The van der Waals surface area contributed by atoms with Crippen LogP contribution in [-0.4, -0.2) is 14.2 Å². The van der Waals surface area contributed by atoms with Crippen molar-refractivity contribution in [3.8, 4) is 0 Å². The Hall–Kier alpha value is -1.61. The number of aryl methyl sites for hydroxylation is 1. The molecule has 0 N–H and O–H groups in total. The van der Waals surface area contributed by atoms with Crippen molar-refractivity contribution in [2.45, 2.75) is 65.2 Å². The van der Waals surface area contributed by atoms with E-state index in [1.807, 2.05) is 32.1 Å². The number of allylic oxidation sites excluding steroid dienone is 5. The Kier molecular flexibility index (Phi) is 8.91. The second kappa shape index (κ2) is 10.4. The summed E-state index contributed by atoms with van der Waals surface area (Å²) >= 11 is 0. The van der Waals surface area contributed by atoms with Crippen LogP contribution >= 0.6 is 0 Å². The topological polar surface area (TPSA) is 34.1 Å². The van der Waals surface area contributed by atoms with Crippen LogP contribution in [0.25, 0.3) is 0 Å². The Bertz CT molecular complexity index is 729. The number of rotatable bonds is 9. The first-order valence-electron chi connectivity index (χ1n) is 8.95. The van der Waals surface area contributed by atoms with Gasteiger partial charge in [-0.2, -0.15) is 0 Å². The second-order valence-electron chi connectivity index (χ2n) is 7.05. The van der Waals surface area contributed by atoms with Crippen LogP contribution in [-0.2, 0) is 9.84 Å². The highest BCUT2D eigenvalue weighted by atomic mass is 32.2. The second-order valence-corrected chi connectivity index (χ2v) is 9.09. The molecule has 0 amide bonds. The molecule has 25 heavy (non-hydrogen) atoms. The Morgan fingerprint density at radius 3 is 1.92 bits per heavy atom. The van der Waals surface area contributed by atoms with Gasteiger partial charge < -0.3 is 0 Å². The molecule has 0 spiro atoms. The van der Waals surface area contributed by atoms with Gasteiger partial charge in [0.05, 0.1) is 10.6 Å². The van der Waals surface area contributed by atoms with Crippen molar-refractivity contribution >= 4 is 9.84 Å². The zero-order valence-electron chi connectivity index (χ0n) is 16.3. The summed E-state index contributed by atoms with van der Waals surface area (Å²) in [6, 6.07) is 7.05. The molecule has 0 unspecified atom stereocenters. The van der Waals surface area contributed by atoms with Crippen LogP contribution < -0.4 is 0 Å². The lowest BCUT2D eigenvalue weighted by atomic mass is 10.1. The summed E-state index contributed by atoms with van der Waals surface area (Å²) in [4.78, 5) is 0.400. The van der Waals surface area contributed by atoms with E-state index >= 15 is 0 Å². The Labute approximate surface area is 154 Å². The number of sulfone groups is 1. The highest BCUT2D eigenvalue weighted by molar-refractivity contribution is 7.91. The van der Waals surface area contributed by atoms with E-state index in [1.54, 1.807) is 12.1 Å². The fraction of sp³-hybridized carbons (Fsp3) is 0.455. The lowest BCUT2D eigenvalue weighted by Gasteiger charge is -2.04. The molecule has 2 nitrogen and oxygen atoms in total. The molecule has 0 atom stereocenters. The molecule has 0 radical (unpaired) electrons. The molecule has 3 heteroatoms. The van der Waals surface area contributed by atoms with Crippen LogP contribution in [0.2, 0.25) is 0 Å². The monoisotopic (exact) mass is 360 g/mol. The van der Waals surface area contributed by atoms with Crippen LogP contribution in [0.4, 0.5) is 0 Å². The normalized spacial score (nSPS) is 13.0. The molecule has 0 aliphatic heterocycles. The van der Waals surface area contributed by atoms with Crippen LogP contribution in [0.15, 0.2) is 64.1 Å². The maximum Gasteiger partial charge on any atom is 0.181 e. The fourth-order valence-electron chi connectivity index (χ4n) is 2.43. The van der Waals surface area contributed by atoms with Crippen molar-refractivity contribution in [3.63, 3.8) is 0 Å². The van der Waals surface area contributed by atoms with Gasteiger partial charge in [0.25, 0.3) is 0 Å². The molecule has 0 fully saturated rings. The summed E-state index contributed by atoms with van der Waals surface area (Å²) in [5.74, 6) is 0.0746. The van der Waals surface area contributed by atoms with Gasteiger partial charge in [-0.3, -0.25) is 0 Å². The summed E-state index contributed by atoms with van der Waals surface area (Å²) in [6.45, 7) is 10.4. The first kappa shape index (κ1) is 21.4. The van der Waals surface area contributed by atoms with E-state index in [-0.39, 0.29) is 5.75 Å². The lowest BCUT2D eigenvalue weighted by molar-refractivity contribution is 0.599. The largest absolute Gasteiger partial charge is 0.223 e. The predicted molar refractivity (Wildman–Crippen MR) is 109 cm³/mol. The van der Waals surface area contributed by atoms with Gasteiger partial charge >= 0.3 is 0 Å². The van der Waals surface area contributed by atoms with Gasteiger partial charge in [0.2, 0.25) is 0 Å². The summed E-state index contributed by atoms with van der Waals surface area (Å²) in [7, 11) is -3.23. The van der Waals surface area contributed by atoms with Crippen molar-refractivity contribution < 1.29 is 8.42 Å². The van der Waals surface area contributed by atoms with Gasteiger partial charge in [-0.25, -0.2) is 8.42 Å². The smallest absolute Gasteiger partial charge is 0.181 e. The molecular formula is C22H32O2S. The number of hydrogen-bond donors (Lipinski definition) is 0. The van der Waals surface area contributed by atoms with Crippen LogP contribution in [0.1, 0.15) is 58.9 Å². The maximum atomic E-state index is 12.3. The van der Waals surface area contributed by atoms with Crippen molar-refractivity contribution in [1.82, 2.24) is 0 Å². The molecule has 0 saturated carbocycles. The average molecular weight is 361 g/mol. The highest BCUT2D eigenvalue weighted by Crippen LogP contribution is 2.15. The summed E-state index contributed by atoms with van der Waals surface area (Å²) < 4.78 is 24.7. The highest BCUT2D eigenvalue weighted by Gasteiger charge is 2.12. The van der Waals surface area contributed by atoms with Gasteiger partial charge in [-0.05, 0) is 72.4 Å². The third-order valence-electron chi connectivity index (χ3n) is 4.15. The lowest BCUT2D eigenvalue weighted by Crippen LogP contribution is -2.05. The van der Waals surface area contributed by atoms with Gasteiger partial charge in [0.15, 0.2) is 9.84 Å². The van der Waals surface area contributed by atoms with E-state index in [0.717, 1.165) is 36.8 Å². The Morgan fingerprint density at radius 2 is 1.36 bits per heavy atom. The summed E-state index contributed by atoms with van der Waals surface area (Å²) in [5, 5.41) is 0. The molecule has 1 aromatic carbocycles. The minimum atomic E-state index is -3.23.